The molecule has 1 saturated heterocycles. The van der Waals surface area contributed by atoms with Crippen LogP contribution >= 0.6 is 0 Å². The zero-order valence-corrected chi connectivity index (χ0v) is 12.2. The first-order valence-corrected chi connectivity index (χ1v) is 7.32. The number of aliphatic hydroxyl groups is 1. The molecule has 0 radical (unpaired) electrons. The highest BCUT2D eigenvalue weighted by Crippen LogP contribution is 2.33. The molecule has 1 N–H and O–H groups in total. The third kappa shape index (κ3) is 3.91. The van der Waals surface area contributed by atoms with Crippen LogP contribution in [0.1, 0.15) is 24.8 Å². The predicted molar refractivity (Wildman–Crippen MR) is 80.3 cm³/mol. The Morgan fingerprint density at radius 1 is 1.43 bits per heavy atom. The Hall–Kier alpha value is -1.68. The lowest BCUT2D eigenvalue weighted by Gasteiger charge is -2.42. The molecule has 1 heterocycles. The van der Waals surface area contributed by atoms with Crippen LogP contribution in [0.4, 0.5) is 4.39 Å². The first-order chi connectivity index (χ1) is 10.1. The van der Waals surface area contributed by atoms with Crippen molar-refractivity contribution in [3.63, 3.8) is 0 Å². The number of piperidine rings is 1. The fourth-order valence-corrected chi connectivity index (χ4v) is 3.04. The number of carbonyl (C=O) groups excluding carboxylic acids is 1. The molecule has 1 unspecified atom stereocenters. The predicted octanol–water partition coefficient (Wildman–Crippen LogP) is 2.55. The molecule has 0 saturated carbocycles. The summed E-state index contributed by atoms with van der Waals surface area (Å²) in [5.41, 5.74) is 0.663. The Morgan fingerprint density at radius 3 is 2.76 bits per heavy atom. The van der Waals surface area contributed by atoms with Crippen molar-refractivity contribution in [2.45, 2.75) is 25.7 Å². The maximum Gasteiger partial charge on any atom is 0.226 e. The normalized spacial score (nSPS) is 22.1. The number of amides is 1. The van der Waals surface area contributed by atoms with Crippen LogP contribution in [0.2, 0.25) is 0 Å². The van der Waals surface area contributed by atoms with Crippen LogP contribution in [0, 0.1) is 11.2 Å². The third-order valence-corrected chi connectivity index (χ3v) is 4.16. The highest BCUT2D eigenvalue weighted by Gasteiger charge is 2.36. The Kier molecular flexibility index (Phi) is 5.12. The van der Waals surface area contributed by atoms with Gasteiger partial charge in [0.15, 0.2) is 0 Å². The molecule has 1 fully saturated rings. The molecular formula is C17H22FNO2. The topological polar surface area (TPSA) is 40.5 Å². The SMILES string of the molecule is C=CCC(=O)N1CCCC(CO)(Cc2ccc(F)cc2)C1. The molecule has 0 aromatic heterocycles. The van der Waals surface area contributed by atoms with E-state index in [0.717, 1.165) is 24.9 Å². The van der Waals surface area contributed by atoms with Crippen molar-refractivity contribution in [1.82, 2.24) is 4.90 Å². The monoisotopic (exact) mass is 291 g/mol. The summed E-state index contributed by atoms with van der Waals surface area (Å²) in [4.78, 5) is 13.8. The standard InChI is InChI=1S/C17H22FNO2/c1-2-4-16(21)19-10-3-9-17(12-19,13-20)11-14-5-7-15(18)8-6-14/h2,5-8,20H,1,3-4,9-13H2. The van der Waals surface area contributed by atoms with Crippen LogP contribution in [-0.4, -0.2) is 35.6 Å². The van der Waals surface area contributed by atoms with Crippen molar-refractivity contribution < 1.29 is 14.3 Å². The molecule has 4 heteroatoms. The van der Waals surface area contributed by atoms with Gasteiger partial charge in [-0.05, 0) is 37.0 Å². The van der Waals surface area contributed by atoms with Crippen molar-refractivity contribution in [3.05, 3.63) is 48.3 Å². The minimum absolute atomic E-state index is 0.0300. The van der Waals surface area contributed by atoms with Crippen molar-refractivity contribution in [2.24, 2.45) is 5.41 Å². The van der Waals surface area contributed by atoms with Gasteiger partial charge in [0.1, 0.15) is 5.82 Å². The molecule has 1 aromatic rings. The van der Waals surface area contributed by atoms with Crippen molar-refractivity contribution in [2.75, 3.05) is 19.7 Å². The summed E-state index contributed by atoms with van der Waals surface area (Å²) < 4.78 is 13.0. The minimum Gasteiger partial charge on any atom is -0.396 e. The first-order valence-electron chi connectivity index (χ1n) is 7.32. The first kappa shape index (κ1) is 15.7. The van der Waals surface area contributed by atoms with Gasteiger partial charge in [-0.2, -0.15) is 0 Å². The van der Waals surface area contributed by atoms with Gasteiger partial charge in [0.2, 0.25) is 5.91 Å². The molecule has 0 bridgehead atoms. The van der Waals surface area contributed by atoms with Gasteiger partial charge in [-0.15, -0.1) is 6.58 Å². The number of aliphatic hydroxyl groups excluding tert-OH is 1. The van der Waals surface area contributed by atoms with E-state index in [1.165, 1.54) is 12.1 Å². The van der Waals surface area contributed by atoms with Gasteiger partial charge in [0.25, 0.3) is 0 Å². The summed E-state index contributed by atoms with van der Waals surface area (Å²) in [6, 6.07) is 6.36. The Balaban J connectivity index is 2.10. The number of carbonyl (C=O) groups is 1. The maximum atomic E-state index is 13.0. The smallest absolute Gasteiger partial charge is 0.226 e. The van der Waals surface area contributed by atoms with Crippen LogP contribution in [0.3, 0.4) is 0 Å². The van der Waals surface area contributed by atoms with E-state index in [-0.39, 0.29) is 23.7 Å². The van der Waals surface area contributed by atoms with Gasteiger partial charge in [-0.25, -0.2) is 4.39 Å². The van der Waals surface area contributed by atoms with Crippen LogP contribution < -0.4 is 0 Å². The number of halogens is 1. The van der Waals surface area contributed by atoms with E-state index in [4.69, 9.17) is 0 Å². The van der Waals surface area contributed by atoms with E-state index in [1.54, 1.807) is 18.2 Å². The second-order valence-corrected chi connectivity index (χ2v) is 5.87. The average molecular weight is 291 g/mol. The lowest BCUT2D eigenvalue weighted by atomic mass is 9.75. The quantitative estimate of drug-likeness (QED) is 0.847. The van der Waals surface area contributed by atoms with Crippen LogP contribution in [0.15, 0.2) is 36.9 Å². The van der Waals surface area contributed by atoms with Crippen LogP contribution in [0.25, 0.3) is 0 Å². The molecule has 2 rings (SSSR count). The molecular weight excluding hydrogens is 269 g/mol. The van der Waals surface area contributed by atoms with E-state index in [2.05, 4.69) is 6.58 Å². The van der Waals surface area contributed by atoms with E-state index in [0.29, 0.717) is 19.4 Å². The van der Waals surface area contributed by atoms with E-state index >= 15 is 0 Å². The molecule has 1 aliphatic heterocycles. The Labute approximate surface area is 125 Å². The Bertz CT molecular complexity index is 500. The number of likely N-dealkylation sites (tertiary alicyclic amines) is 1. The molecule has 3 nitrogen and oxygen atoms in total. The number of benzene rings is 1. The van der Waals surface area contributed by atoms with Gasteiger partial charge in [-0.1, -0.05) is 18.2 Å². The second-order valence-electron chi connectivity index (χ2n) is 5.87. The number of rotatable bonds is 5. The van der Waals surface area contributed by atoms with E-state index in [9.17, 15) is 14.3 Å². The fraction of sp³-hybridized carbons (Fsp3) is 0.471. The van der Waals surface area contributed by atoms with Gasteiger partial charge in [0.05, 0.1) is 6.61 Å². The summed E-state index contributed by atoms with van der Waals surface area (Å²) in [5.74, 6) is -0.204. The molecule has 1 atom stereocenters. The van der Waals surface area contributed by atoms with Gasteiger partial charge >= 0.3 is 0 Å². The minimum atomic E-state index is -0.326. The molecule has 0 spiro atoms. The summed E-state index contributed by atoms with van der Waals surface area (Å²) in [5, 5.41) is 9.85. The largest absolute Gasteiger partial charge is 0.396 e. The lowest BCUT2D eigenvalue weighted by molar-refractivity contribution is -0.134. The molecule has 114 valence electrons. The highest BCUT2D eigenvalue weighted by atomic mass is 19.1. The number of hydrogen-bond donors (Lipinski definition) is 1. The zero-order valence-electron chi connectivity index (χ0n) is 12.2. The second kappa shape index (κ2) is 6.85. The zero-order chi connectivity index (χ0) is 15.3. The lowest BCUT2D eigenvalue weighted by Crippen LogP contribution is -2.48. The molecule has 0 aliphatic carbocycles. The van der Waals surface area contributed by atoms with Crippen LogP contribution in [-0.2, 0) is 11.2 Å². The van der Waals surface area contributed by atoms with Gasteiger partial charge in [0, 0.05) is 24.9 Å². The molecule has 1 amide bonds. The van der Waals surface area contributed by atoms with Crippen LogP contribution in [0.5, 0.6) is 0 Å². The molecule has 21 heavy (non-hydrogen) atoms. The summed E-state index contributed by atoms with van der Waals surface area (Å²) in [7, 11) is 0. The number of hydrogen-bond acceptors (Lipinski definition) is 2. The molecule has 1 aromatic carbocycles. The number of nitrogens with zero attached hydrogens (tertiary/aromatic N) is 1. The van der Waals surface area contributed by atoms with Crippen molar-refractivity contribution in [1.29, 1.82) is 0 Å². The Morgan fingerprint density at radius 2 is 2.14 bits per heavy atom. The van der Waals surface area contributed by atoms with Gasteiger partial charge in [-0.3, -0.25) is 4.79 Å². The third-order valence-electron chi connectivity index (χ3n) is 4.16. The summed E-state index contributed by atoms with van der Waals surface area (Å²) in [6.45, 7) is 4.91. The van der Waals surface area contributed by atoms with E-state index < -0.39 is 0 Å². The van der Waals surface area contributed by atoms with E-state index in [1.807, 2.05) is 4.90 Å². The summed E-state index contributed by atoms with van der Waals surface area (Å²) >= 11 is 0. The molecule has 1 aliphatic rings. The van der Waals surface area contributed by atoms with Crippen molar-refractivity contribution >= 4 is 5.91 Å². The highest BCUT2D eigenvalue weighted by molar-refractivity contribution is 5.77. The average Bonchev–Trinajstić information content (AvgIpc) is 2.50. The van der Waals surface area contributed by atoms with Gasteiger partial charge < -0.3 is 10.0 Å². The maximum absolute atomic E-state index is 13.0. The fourth-order valence-electron chi connectivity index (χ4n) is 3.04. The summed E-state index contributed by atoms with van der Waals surface area (Å²) in [6.07, 6.45) is 4.35. The van der Waals surface area contributed by atoms with Crippen molar-refractivity contribution in [3.8, 4) is 0 Å².